The minimum atomic E-state index is 0.0166. The zero-order chi connectivity index (χ0) is 18.4. The van der Waals surface area contributed by atoms with Crippen LogP contribution in [0.2, 0.25) is 0 Å². The lowest BCUT2D eigenvalue weighted by atomic mass is 10.2. The highest BCUT2D eigenvalue weighted by molar-refractivity contribution is 7.09. The van der Waals surface area contributed by atoms with Gasteiger partial charge in [-0.3, -0.25) is 0 Å². The van der Waals surface area contributed by atoms with E-state index in [0.29, 0.717) is 19.6 Å². The lowest BCUT2D eigenvalue weighted by Gasteiger charge is -2.36. The van der Waals surface area contributed by atoms with E-state index < -0.39 is 0 Å². The van der Waals surface area contributed by atoms with E-state index in [-0.39, 0.29) is 6.03 Å². The largest absolute Gasteiger partial charge is 0.497 e. The predicted octanol–water partition coefficient (Wildman–Crippen LogP) is 2.84. The number of hydrogen-bond acceptors (Lipinski definition) is 5. The molecule has 0 spiro atoms. The number of urea groups is 1. The zero-order valence-electron chi connectivity index (χ0n) is 15.2. The number of ether oxygens (including phenoxy) is 2. The molecule has 0 atom stereocenters. The van der Waals surface area contributed by atoms with Gasteiger partial charge < -0.3 is 24.6 Å². The average Bonchev–Trinajstić information content (AvgIpc) is 3.21. The Labute approximate surface area is 158 Å². The highest BCUT2D eigenvalue weighted by atomic mass is 32.1. The Hall–Kier alpha value is -2.41. The maximum Gasteiger partial charge on any atom is 0.317 e. The summed E-state index contributed by atoms with van der Waals surface area (Å²) in [5.74, 6) is 1.56. The minimum Gasteiger partial charge on any atom is -0.497 e. The van der Waals surface area contributed by atoms with Gasteiger partial charge in [0.15, 0.2) is 0 Å². The average molecular weight is 375 g/mol. The Morgan fingerprint density at radius 3 is 2.62 bits per heavy atom. The topological polar surface area (TPSA) is 54.0 Å². The molecule has 2 heterocycles. The predicted molar refractivity (Wildman–Crippen MR) is 105 cm³/mol. The van der Waals surface area contributed by atoms with Gasteiger partial charge in [0, 0.05) is 43.7 Å². The third kappa shape index (κ3) is 4.40. The SMILES string of the molecule is COc1ccc(N2CCN(C(=O)NCCc3cccs3)CC2)c(OC)c1. The maximum atomic E-state index is 12.3. The molecule has 0 radical (unpaired) electrons. The van der Waals surface area contributed by atoms with E-state index in [9.17, 15) is 4.79 Å². The fourth-order valence-electron chi connectivity index (χ4n) is 3.06. The van der Waals surface area contributed by atoms with Crippen LogP contribution in [0.3, 0.4) is 0 Å². The lowest BCUT2D eigenvalue weighted by molar-refractivity contribution is 0.194. The fraction of sp³-hybridized carbons (Fsp3) is 0.421. The molecule has 1 aliphatic rings. The van der Waals surface area contributed by atoms with E-state index >= 15 is 0 Å². The fourth-order valence-corrected chi connectivity index (χ4v) is 3.76. The number of carbonyl (C=O) groups is 1. The van der Waals surface area contributed by atoms with Crippen molar-refractivity contribution < 1.29 is 14.3 Å². The Morgan fingerprint density at radius 1 is 1.15 bits per heavy atom. The monoisotopic (exact) mass is 375 g/mol. The van der Waals surface area contributed by atoms with E-state index in [1.165, 1.54) is 4.88 Å². The van der Waals surface area contributed by atoms with Crippen LogP contribution >= 0.6 is 11.3 Å². The number of nitrogens with one attached hydrogen (secondary N) is 1. The first-order valence-electron chi connectivity index (χ1n) is 8.73. The maximum absolute atomic E-state index is 12.3. The summed E-state index contributed by atoms with van der Waals surface area (Å²) in [6.45, 7) is 3.62. The van der Waals surface area contributed by atoms with Gasteiger partial charge in [0.1, 0.15) is 11.5 Å². The first-order chi connectivity index (χ1) is 12.7. The molecule has 0 aliphatic carbocycles. The third-order valence-corrected chi connectivity index (χ3v) is 5.46. The number of anilines is 1. The van der Waals surface area contributed by atoms with E-state index in [0.717, 1.165) is 36.7 Å². The molecule has 7 heteroatoms. The van der Waals surface area contributed by atoms with Crippen LogP contribution in [-0.4, -0.2) is 57.9 Å². The van der Waals surface area contributed by atoms with Crippen molar-refractivity contribution in [3.8, 4) is 11.5 Å². The van der Waals surface area contributed by atoms with E-state index in [1.54, 1.807) is 25.6 Å². The molecule has 1 aromatic heterocycles. The Balaban J connectivity index is 1.50. The molecule has 0 bridgehead atoms. The van der Waals surface area contributed by atoms with Gasteiger partial charge in [0.25, 0.3) is 0 Å². The highest BCUT2D eigenvalue weighted by Crippen LogP contribution is 2.32. The van der Waals surface area contributed by atoms with E-state index in [1.807, 2.05) is 29.2 Å². The van der Waals surface area contributed by atoms with Gasteiger partial charge in [0.05, 0.1) is 19.9 Å². The minimum absolute atomic E-state index is 0.0166. The first-order valence-corrected chi connectivity index (χ1v) is 9.61. The summed E-state index contributed by atoms with van der Waals surface area (Å²) in [5.41, 5.74) is 1.03. The van der Waals surface area contributed by atoms with E-state index in [4.69, 9.17) is 9.47 Å². The van der Waals surface area contributed by atoms with Crippen LogP contribution in [0.15, 0.2) is 35.7 Å². The third-order valence-electron chi connectivity index (χ3n) is 4.52. The van der Waals surface area contributed by atoms with Crippen molar-refractivity contribution in [3.05, 3.63) is 40.6 Å². The molecule has 1 aromatic carbocycles. The van der Waals surface area contributed by atoms with Gasteiger partial charge in [-0.15, -0.1) is 11.3 Å². The van der Waals surface area contributed by atoms with Crippen molar-refractivity contribution in [2.45, 2.75) is 6.42 Å². The summed E-state index contributed by atoms with van der Waals surface area (Å²) in [4.78, 5) is 17.7. The molecule has 1 aliphatic heterocycles. The molecule has 6 nitrogen and oxygen atoms in total. The van der Waals surface area contributed by atoms with Crippen LogP contribution in [0.1, 0.15) is 4.88 Å². The van der Waals surface area contributed by atoms with Gasteiger partial charge in [0.2, 0.25) is 0 Å². The number of nitrogens with zero attached hydrogens (tertiary/aromatic N) is 2. The molecule has 2 aromatic rings. The van der Waals surface area contributed by atoms with Crippen LogP contribution in [0.4, 0.5) is 10.5 Å². The van der Waals surface area contributed by atoms with Crippen LogP contribution in [-0.2, 0) is 6.42 Å². The van der Waals surface area contributed by atoms with Gasteiger partial charge >= 0.3 is 6.03 Å². The molecular formula is C19H25N3O3S. The number of piperazine rings is 1. The Morgan fingerprint density at radius 2 is 1.96 bits per heavy atom. The molecule has 26 heavy (non-hydrogen) atoms. The molecular weight excluding hydrogens is 350 g/mol. The second-order valence-electron chi connectivity index (χ2n) is 6.07. The van der Waals surface area contributed by atoms with Crippen LogP contribution in [0.25, 0.3) is 0 Å². The van der Waals surface area contributed by atoms with Gasteiger partial charge in [-0.05, 0) is 30.0 Å². The number of benzene rings is 1. The second kappa shape index (κ2) is 8.80. The van der Waals surface area contributed by atoms with Gasteiger partial charge in [-0.2, -0.15) is 0 Å². The van der Waals surface area contributed by atoms with Crippen molar-refractivity contribution >= 4 is 23.1 Å². The number of rotatable bonds is 6. The first kappa shape index (κ1) is 18.4. The molecule has 0 unspecified atom stereocenters. The molecule has 1 fully saturated rings. The number of methoxy groups -OCH3 is 2. The highest BCUT2D eigenvalue weighted by Gasteiger charge is 2.23. The smallest absolute Gasteiger partial charge is 0.317 e. The second-order valence-corrected chi connectivity index (χ2v) is 7.11. The molecule has 1 saturated heterocycles. The van der Waals surface area contributed by atoms with Crippen LogP contribution in [0.5, 0.6) is 11.5 Å². The normalized spacial score (nSPS) is 14.2. The summed E-state index contributed by atoms with van der Waals surface area (Å²) < 4.78 is 10.7. The zero-order valence-corrected chi connectivity index (χ0v) is 16.1. The van der Waals surface area contributed by atoms with Crippen molar-refractivity contribution in [2.24, 2.45) is 0 Å². The summed E-state index contributed by atoms with van der Waals surface area (Å²) in [6.07, 6.45) is 0.881. The number of amides is 2. The van der Waals surface area contributed by atoms with Crippen LogP contribution in [0, 0.1) is 0 Å². The van der Waals surface area contributed by atoms with E-state index in [2.05, 4.69) is 21.7 Å². The van der Waals surface area contributed by atoms with Crippen molar-refractivity contribution in [2.75, 3.05) is 51.8 Å². The number of thiophene rings is 1. The number of hydrogen-bond donors (Lipinski definition) is 1. The quantitative estimate of drug-likeness (QED) is 0.844. The Bertz CT molecular complexity index is 713. The molecule has 1 N–H and O–H groups in total. The Kier molecular flexibility index (Phi) is 6.22. The van der Waals surface area contributed by atoms with Gasteiger partial charge in [-0.1, -0.05) is 6.07 Å². The summed E-state index contributed by atoms with van der Waals surface area (Å²) >= 11 is 1.72. The molecule has 3 rings (SSSR count). The number of carbonyl (C=O) groups excluding carboxylic acids is 1. The van der Waals surface area contributed by atoms with Gasteiger partial charge in [-0.25, -0.2) is 4.79 Å². The standard InChI is InChI=1S/C19H25N3O3S/c1-24-15-5-6-17(18(14-15)25-2)21-9-11-22(12-10-21)19(23)20-8-7-16-4-3-13-26-16/h3-6,13-14H,7-12H2,1-2H3,(H,20,23). The molecule has 0 saturated carbocycles. The van der Waals surface area contributed by atoms with Crippen molar-refractivity contribution in [3.63, 3.8) is 0 Å². The summed E-state index contributed by atoms with van der Waals surface area (Å²) in [7, 11) is 3.31. The van der Waals surface area contributed by atoms with Crippen LogP contribution < -0.4 is 19.7 Å². The summed E-state index contributed by atoms with van der Waals surface area (Å²) in [5, 5.41) is 5.08. The molecule has 2 amide bonds. The summed E-state index contributed by atoms with van der Waals surface area (Å²) in [6, 6.07) is 9.98. The van der Waals surface area contributed by atoms with Crippen molar-refractivity contribution in [1.29, 1.82) is 0 Å². The lowest BCUT2D eigenvalue weighted by Crippen LogP contribution is -2.52. The van der Waals surface area contributed by atoms with Crippen molar-refractivity contribution in [1.82, 2.24) is 10.2 Å². The molecule has 140 valence electrons.